The minimum absolute atomic E-state index is 0. The molecule has 0 heterocycles. The molecule has 1 radical (unpaired) electrons. The van der Waals surface area contributed by atoms with Gasteiger partial charge in [0.05, 0.1) is 0 Å². The van der Waals surface area contributed by atoms with Gasteiger partial charge in [0.1, 0.15) is 0 Å². The first-order valence-electron chi connectivity index (χ1n) is 11.2. The summed E-state index contributed by atoms with van der Waals surface area (Å²) >= 11 is 0. The number of rotatable bonds is 3. The predicted octanol–water partition coefficient (Wildman–Crippen LogP) is 7.04. The number of hydrogen-bond acceptors (Lipinski definition) is 2. The van der Waals surface area contributed by atoms with E-state index in [9.17, 15) is 13.2 Å². The number of fused-ring (bicyclic) bond motifs is 2. The van der Waals surface area contributed by atoms with Crippen LogP contribution in [0.15, 0.2) is 0 Å². The van der Waals surface area contributed by atoms with Crippen molar-refractivity contribution < 1.29 is 52.3 Å². The molecule has 3 nitrogen and oxygen atoms in total. The van der Waals surface area contributed by atoms with Crippen molar-refractivity contribution in [3.8, 4) is 0 Å². The van der Waals surface area contributed by atoms with E-state index in [4.69, 9.17) is 13.0 Å². The first-order chi connectivity index (χ1) is 13.2. The summed E-state index contributed by atoms with van der Waals surface area (Å²) in [6.07, 6.45) is 22.1. The van der Waals surface area contributed by atoms with Crippen molar-refractivity contribution in [2.45, 2.75) is 95.4 Å². The summed E-state index contributed by atoms with van der Waals surface area (Å²) in [6, 6.07) is 0. The van der Waals surface area contributed by atoms with Crippen LogP contribution >= 0.6 is 0 Å². The summed E-state index contributed by atoms with van der Waals surface area (Å²) < 4.78 is 57.5. The molecule has 0 saturated heterocycles. The predicted molar refractivity (Wildman–Crippen MR) is 110 cm³/mol. The monoisotopic (exact) mass is 529 g/mol. The summed E-state index contributed by atoms with van der Waals surface area (Å²) in [6.45, 7) is 0. The largest absolute Gasteiger partial charge is 3.00 e. The van der Waals surface area contributed by atoms with Crippen LogP contribution in [0.4, 0.5) is 13.2 Å². The molecule has 6 unspecified atom stereocenters. The van der Waals surface area contributed by atoms with Gasteiger partial charge in [0.25, 0.3) is 0 Å². The maximum absolute atomic E-state index is 10.7. The number of halogens is 3. The first-order valence-corrected chi connectivity index (χ1v) is 12.6. The Morgan fingerprint density at radius 2 is 1.03 bits per heavy atom. The van der Waals surface area contributed by atoms with Gasteiger partial charge >= 0.3 is 41.8 Å². The van der Waals surface area contributed by atoms with Gasteiger partial charge in [0.2, 0.25) is 0 Å². The molecule has 6 atom stereocenters. The van der Waals surface area contributed by atoms with E-state index in [0.29, 0.717) is 0 Å². The van der Waals surface area contributed by atoms with E-state index < -0.39 is 15.6 Å². The van der Waals surface area contributed by atoms with E-state index in [-0.39, 0.29) is 33.6 Å². The van der Waals surface area contributed by atoms with Crippen LogP contribution in [0.1, 0.15) is 89.9 Å². The van der Waals surface area contributed by atoms with Crippen LogP contribution in [-0.2, 0) is 36.3 Å². The van der Waals surface area contributed by atoms with E-state index in [0.717, 1.165) is 35.5 Å². The molecule has 4 aliphatic rings. The standard InChI is InChI=1S/C20H34.CHF3O3S.CH3.Zr/c1-3-7-19-15(5-1)9-11-17(19)13-14-18-12-10-16-6-2-4-8-20(16)18;2-1(3,4)8(5,6)7;;/h15-20H,1-14H2;(H,5,6,7);1H3;/q;;-1;+3. The molecule has 1 N–H and O–H groups in total. The van der Waals surface area contributed by atoms with Gasteiger partial charge in [-0.2, -0.15) is 21.6 Å². The van der Waals surface area contributed by atoms with Gasteiger partial charge in [-0.05, 0) is 86.9 Å². The van der Waals surface area contributed by atoms with E-state index in [1.807, 2.05) is 0 Å². The molecule has 0 amide bonds. The minimum atomic E-state index is -5.84. The van der Waals surface area contributed by atoms with Crippen LogP contribution in [-0.4, -0.2) is 18.5 Å². The zero-order valence-electron chi connectivity index (χ0n) is 18.2. The molecule has 8 heteroatoms. The molecule has 0 aromatic carbocycles. The Bertz CT molecular complexity index is 579. The third kappa shape index (κ3) is 7.30. The Hall–Kier alpha value is 0.583. The second-order valence-electron chi connectivity index (χ2n) is 9.59. The summed E-state index contributed by atoms with van der Waals surface area (Å²) in [5.41, 5.74) is -5.53. The number of alkyl halides is 3. The molecule has 4 rings (SSSR count). The topological polar surface area (TPSA) is 54.4 Å². The van der Waals surface area contributed by atoms with Crippen LogP contribution in [0.2, 0.25) is 0 Å². The van der Waals surface area contributed by atoms with Crippen molar-refractivity contribution in [2.24, 2.45) is 35.5 Å². The maximum Gasteiger partial charge on any atom is 3.00 e. The molecule has 4 fully saturated rings. The fourth-order valence-electron chi connectivity index (χ4n) is 6.86. The maximum atomic E-state index is 10.7. The van der Waals surface area contributed by atoms with E-state index >= 15 is 0 Å². The molecule has 0 aliphatic heterocycles. The van der Waals surface area contributed by atoms with Gasteiger partial charge in [-0.3, -0.25) is 4.55 Å². The molecule has 0 bridgehead atoms. The normalized spacial score (nSPS) is 35.7. The van der Waals surface area contributed by atoms with Gasteiger partial charge in [-0.25, -0.2) is 0 Å². The van der Waals surface area contributed by atoms with Gasteiger partial charge in [0.15, 0.2) is 0 Å². The number of hydrogen-bond donors (Lipinski definition) is 1. The van der Waals surface area contributed by atoms with Crippen molar-refractivity contribution >= 4 is 10.1 Å². The SMILES string of the molecule is C1CCC2C(C1)CCC2CCC1CCC2CCCCC21.O=S(=O)(O)C(F)(F)F.[CH3-].[Zr+3]. The van der Waals surface area contributed by atoms with Crippen LogP contribution in [0, 0.1) is 42.9 Å². The Morgan fingerprint density at radius 1 is 0.700 bits per heavy atom. The fraction of sp³-hybridized carbons (Fsp3) is 0.955. The molecular formula is C22H38F3O3SZr+2. The van der Waals surface area contributed by atoms with E-state index in [2.05, 4.69) is 0 Å². The van der Waals surface area contributed by atoms with Gasteiger partial charge in [-0.1, -0.05) is 38.5 Å². The van der Waals surface area contributed by atoms with E-state index in [1.165, 1.54) is 0 Å². The van der Waals surface area contributed by atoms with Gasteiger partial charge in [0, 0.05) is 0 Å². The zero-order chi connectivity index (χ0) is 20.4. The summed E-state index contributed by atoms with van der Waals surface area (Å²) in [4.78, 5) is 0. The second-order valence-corrected chi connectivity index (χ2v) is 11.0. The molecular weight excluding hydrogens is 493 g/mol. The average Bonchev–Trinajstić information content (AvgIpc) is 3.23. The van der Waals surface area contributed by atoms with Crippen LogP contribution in [0.3, 0.4) is 0 Å². The summed E-state index contributed by atoms with van der Waals surface area (Å²) in [5, 5.41) is 0. The Morgan fingerprint density at radius 3 is 1.37 bits per heavy atom. The van der Waals surface area contributed by atoms with E-state index in [1.54, 1.807) is 89.9 Å². The van der Waals surface area contributed by atoms with Crippen molar-refractivity contribution in [2.75, 3.05) is 0 Å². The molecule has 30 heavy (non-hydrogen) atoms. The van der Waals surface area contributed by atoms with Crippen molar-refractivity contribution in [3.63, 3.8) is 0 Å². The summed E-state index contributed by atoms with van der Waals surface area (Å²) in [5.74, 6) is 6.91. The molecule has 0 aromatic rings. The Kier molecular flexibility index (Phi) is 11.6. The molecule has 0 aromatic heterocycles. The smallest absolute Gasteiger partial charge is 0.358 e. The zero-order valence-corrected chi connectivity index (χ0v) is 21.4. The fourth-order valence-corrected chi connectivity index (χ4v) is 6.86. The molecule has 173 valence electrons. The van der Waals surface area contributed by atoms with Crippen molar-refractivity contribution in [1.82, 2.24) is 0 Å². The molecule has 0 spiro atoms. The Balaban J connectivity index is 0.000000393. The third-order valence-corrected chi connectivity index (χ3v) is 8.75. The van der Waals surface area contributed by atoms with Crippen LogP contribution in [0.5, 0.6) is 0 Å². The second kappa shape index (κ2) is 12.2. The quantitative estimate of drug-likeness (QED) is 0.242. The average molecular weight is 531 g/mol. The van der Waals surface area contributed by atoms with Gasteiger partial charge in [-0.15, -0.1) is 0 Å². The third-order valence-electron chi connectivity index (χ3n) is 8.16. The van der Waals surface area contributed by atoms with Crippen LogP contribution < -0.4 is 0 Å². The first kappa shape index (κ1) is 28.6. The minimum Gasteiger partial charge on any atom is -0.358 e. The van der Waals surface area contributed by atoms with Crippen LogP contribution in [0.25, 0.3) is 0 Å². The van der Waals surface area contributed by atoms with Gasteiger partial charge < -0.3 is 7.43 Å². The summed E-state index contributed by atoms with van der Waals surface area (Å²) in [7, 11) is -5.84. The van der Waals surface area contributed by atoms with Crippen molar-refractivity contribution in [1.29, 1.82) is 0 Å². The Labute approximate surface area is 200 Å². The van der Waals surface area contributed by atoms with Crippen molar-refractivity contribution in [3.05, 3.63) is 7.43 Å². The molecule has 4 aliphatic carbocycles. The molecule has 4 saturated carbocycles.